The van der Waals surface area contributed by atoms with Gasteiger partial charge in [-0.05, 0) is 25.5 Å². The Balaban J connectivity index is 1.79. The summed E-state index contributed by atoms with van der Waals surface area (Å²) in [5.74, 6) is 1.65. The fraction of sp³-hybridized carbons (Fsp3) is 0.143. The molecule has 2 aromatic carbocycles. The lowest BCUT2D eigenvalue weighted by Crippen LogP contribution is -2.09. The van der Waals surface area contributed by atoms with E-state index in [1.165, 1.54) is 10.4 Å². The van der Waals surface area contributed by atoms with Crippen molar-refractivity contribution in [3.63, 3.8) is 0 Å². The van der Waals surface area contributed by atoms with E-state index in [0.717, 1.165) is 27.4 Å². The van der Waals surface area contributed by atoms with Crippen LogP contribution in [0.15, 0.2) is 66.7 Å². The third-order valence-corrected chi connectivity index (χ3v) is 5.15. The van der Waals surface area contributed by atoms with Gasteiger partial charge in [0.05, 0.1) is 5.39 Å². The monoisotopic (exact) mass is 345 g/mol. The largest absolute Gasteiger partial charge is 0.363 e. The lowest BCUT2D eigenvalue weighted by molar-refractivity contribution is 0.877. The molecule has 4 aromatic rings. The van der Waals surface area contributed by atoms with E-state index in [1.54, 1.807) is 11.3 Å². The first kappa shape index (κ1) is 15.8. The molecule has 0 bridgehead atoms. The molecule has 0 aliphatic carbocycles. The van der Waals surface area contributed by atoms with Gasteiger partial charge in [0.25, 0.3) is 0 Å². The molecule has 4 heteroatoms. The molecule has 2 heterocycles. The summed E-state index contributed by atoms with van der Waals surface area (Å²) >= 11 is 1.71. The minimum Gasteiger partial charge on any atom is -0.363 e. The summed E-state index contributed by atoms with van der Waals surface area (Å²) in [4.78, 5) is 11.9. The number of thiophene rings is 1. The van der Waals surface area contributed by atoms with Crippen LogP contribution >= 0.6 is 11.3 Å². The number of hydrogen-bond acceptors (Lipinski definition) is 4. The maximum absolute atomic E-state index is 4.83. The third-order valence-electron chi connectivity index (χ3n) is 4.20. The minimum atomic E-state index is 0.170. The number of benzene rings is 2. The molecule has 2 aromatic heterocycles. The highest BCUT2D eigenvalue weighted by molar-refractivity contribution is 7.18. The molecule has 0 aliphatic rings. The summed E-state index contributed by atoms with van der Waals surface area (Å²) in [7, 11) is 0. The molecule has 0 fully saturated rings. The summed E-state index contributed by atoms with van der Waals surface area (Å²) in [6, 6.07) is 22.9. The second-order valence-electron chi connectivity index (χ2n) is 6.11. The van der Waals surface area contributed by atoms with E-state index in [9.17, 15) is 0 Å². The molecular weight excluding hydrogens is 326 g/mol. The molecule has 1 N–H and O–H groups in total. The van der Waals surface area contributed by atoms with E-state index in [4.69, 9.17) is 9.97 Å². The fourth-order valence-electron chi connectivity index (χ4n) is 2.90. The van der Waals surface area contributed by atoms with E-state index in [1.807, 2.05) is 36.4 Å². The Bertz CT molecular complexity index is 994. The SMILES string of the molecule is Cc1cc2c(NC(C)c3ccccc3)nc(-c3ccccc3)nc2s1. The van der Waals surface area contributed by atoms with Crippen molar-refractivity contribution in [1.82, 2.24) is 9.97 Å². The van der Waals surface area contributed by atoms with Crippen molar-refractivity contribution >= 4 is 27.4 Å². The zero-order valence-electron chi connectivity index (χ0n) is 14.2. The van der Waals surface area contributed by atoms with Crippen LogP contribution in [0.1, 0.15) is 23.4 Å². The van der Waals surface area contributed by atoms with E-state index >= 15 is 0 Å². The molecule has 4 rings (SSSR count). The minimum absolute atomic E-state index is 0.170. The smallest absolute Gasteiger partial charge is 0.163 e. The number of anilines is 1. The maximum atomic E-state index is 4.83. The third kappa shape index (κ3) is 3.26. The van der Waals surface area contributed by atoms with Crippen LogP contribution in [-0.4, -0.2) is 9.97 Å². The van der Waals surface area contributed by atoms with Crippen LogP contribution in [0.4, 0.5) is 5.82 Å². The van der Waals surface area contributed by atoms with Crippen LogP contribution in [0.3, 0.4) is 0 Å². The second-order valence-corrected chi connectivity index (χ2v) is 7.35. The first-order valence-corrected chi connectivity index (χ1v) is 9.17. The average Bonchev–Trinajstić information content (AvgIpc) is 3.03. The maximum Gasteiger partial charge on any atom is 0.163 e. The van der Waals surface area contributed by atoms with Gasteiger partial charge in [0, 0.05) is 16.5 Å². The Morgan fingerprint density at radius 3 is 2.32 bits per heavy atom. The van der Waals surface area contributed by atoms with Crippen molar-refractivity contribution < 1.29 is 0 Å². The van der Waals surface area contributed by atoms with E-state index < -0.39 is 0 Å². The van der Waals surface area contributed by atoms with Gasteiger partial charge in [0.1, 0.15) is 10.6 Å². The fourth-order valence-corrected chi connectivity index (χ4v) is 3.78. The summed E-state index contributed by atoms with van der Waals surface area (Å²) in [5.41, 5.74) is 2.27. The lowest BCUT2D eigenvalue weighted by Gasteiger charge is -2.16. The molecule has 25 heavy (non-hydrogen) atoms. The van der Waals surface area contributed by atoms with Crippen LogP contribution < -0.4 is 5.32 Å². The second kappa shape index (κ2) is 6.65. The quantitative estimate of drug-likeness (QED) is 0.505. The van der Waals surface area contributed by atoms with Gasteiger partial charge in [-0.1, -0.05) is 60.7 Å². The first-order chi connectivity index (χ1) is 12.2. The Morgan fingerprint density at radius 1 is 0.920 bits per heavy atom. The number of nitrogens with one attached hydrogen (secondary N) is 1. The summed E-state index contributed by atoms with van der Waals surface area (Å²) in [6.45, 7) is 4.27. The van der Waals surface area contributed by atoms with Gasteiger partial charge in [-0.15, -0.1) is 11.3 Å². The molecule has 1 atom stereocenters. The summed E-state index contributed by atoms with van der Waals surface area (Å²) < 4.78 is 0. The van der Waals surface area contributed by atoms with Crippen LogP contribution in [-0.2, 0) is 0 Å². The van der Waals surface area contributed by atoms with Crippen LogP contribution in [0.5, 0.6) is 0 Å². The van der Waals surface area contributed by atoms with E-state index in [-0.39, 0.29) is 6.04 Å². The van der Waals surface area contributed by atoms with Gasteiger partial charge in [-0.2, -0.15) is 0 Å². The van der Waals surface area contributed by atoms with Crippen molar-refractivity contribution in [2.75, 3.05) is 5.32 Å². The van der Waals surface area contributed by atoms with E-state index in [0.29, 0.717) is 0 Å². The van der Waals surface area contributed by atoms with E-state index in [2.05, 4.69) is 49.5 Å². The van der Waals surface area contributed by atoms with Crippen molar-refractivity contribution in [2.24, 2.45) is 0 Å². The molecular formula is C21H19N3S. The highest BCUT2D eigenvalue weighted by Gasteiger charge is 2.14. The Morgan fingerprint density at radius 2 is 1.60 bits per heavy atom. The van der Waals surface area contributed by atoms with Crippen LogP contribution in [0.2, 0.25) is 0 Å². The molecule has 124 valence electrons. The zero-order chi connectivity index (χ0) is 17.2. The van der Waals surface area contributed by atoms with Crippen molar-refractivity contribution in [3.05, 3.63) is 77.2 Å². The molecule has 0 saturated heterocycles. The number of aryl methyl sites for hydroxylation is 1. The lowest BCUT2D eigenvalue weighted by atomic mass is 10.1. The Hall–Kier alpha value is -2.72. The number of hydrogen-bond donors (Lipinski definition) is 1. The summed E-state index contributed by atoms with van der Waals surface area (Å²) in [6.07, 6.45) is 0. The Kier molecular flexibility index (Phi) is 4.20. The standard InChI is InChI=1S/C21H19N3S/c1-14-13-18-20(22-15(2)16-9-5-3-6-10-16)23-19(24-21(18)25-14)17-11-7-4-8-12-17/h3-13,15H,1-2H3,(H,22,23,24). The van der Waals surface area contributed by atoms with Crippen molar-refractivity contribution in [2.45, 2.75) is 19.9 Å². The average molecular weight is 345 g/mol. The Labute approximate surface area is 151 Å². The molecule has 3 nitrogen and oxygen atoms in total. The molecule has 0 radical (unpaired) electrons. The normalized spacial score (nSPS) is 12.2. The molecule has 0 spiro atoms. The van der Waals surface area contributed by atoms with Gasteiger partial charge in [0.15, 0.2) is 5.82 Å². The van der Waals surface area contributed by atoms with Gasteiger partial charge in [-0.3, -0.25) is 0 Å². The molecule has 0 amide bonds. The predicted molar refractivity (Wildman–Crippen MR) is 106 cm³/mol. The van der Waals surface area contributed by atoms with Crippen LogP contribution in [0, 0.1) is 6.92 Å². The number of aromatic nitrogens is 2. The predicted octanol–water partition coefficient (Wildman–Crippen LogP) is 5.84. The zero-order valence-corrected chi connectivity index (χ0v) is 15.0. The van der Waals surface area contributed by atoms with Crippen LogP contribution in [0.25, 0.3) is 21.6 Å². The van der Waals surface area contributed by atoms with Gasteiger partial charge in [-0.25, -0.2) is 9.97 Å². The number of rotatable bonds is 4. The first-order valence-electron chi connectivity index (χ1n) is 8.36. The number of nitrogens with zero attached hydrogens (tertiary/aromatic N) is 2. The highest BCUT2D eigenvalue weighted by atomic mass is 32.1. The molecule has 0 aliphatic heterocycles. The molecule has 1 unspecified atom stereocenters. The van der Waals surface area contributed by atoms with Crippen molar-refractivity contribution in [1.29, 1.82) is 0 Å². The van der Waals surface area contributed by atoms with Gasteiger partial charge in [0.2, 0.25) is 0 Å². The van der Waals surface area contributed by atoms with Gasteiger partial charge < -0.3 is 5.32 Å². The molecule has 0 saturated carbocycles. The van der Waals surface area contributed by atoms with Gasteiger partial charge >= 0.3 is 0 Å². The van der Waals surface area contributed by atoms with Crippen molar-refractivity contribution in [3.8, 4) is 11.4 Å². The summed E-state index contributed by atoms with van der Waals surface area (Å²) in [5, 5.41) is 4.67. The topological polar surface area (TPSA) is 37.8 Å². The highest BCUT2D eigenvalue weighted by Crippen LogP contribution is 2.32. The number of fused-ring (bicyclic) bond motifs is 1.